The summed E-state index contributed by atoms with van der Waals surface area (Å²) in [5.74, 6) is 0.549. The zero-order chi connectivity index (χ0) is 15.2. The molecule has 0 saturated heterocycles. The van der Waals surface area contributed by atoms with Crippen LogP contribution in [0.3, 0.4) is 0 Å². The predicted octanol–water partition coefficient (Wildman–Crippen LogP) is 3.47. The highest BCUT2D eigenvalue weighted by Crippen LogP contribution is 2.22. The molecule has 0 radical (unpaired) electrons. The lowest BCUT2D eigenvalue weighted by atomic mass is 10.2. The Labute approximate surface area is 131 Å². The maximum atomic E-state index is 11.8. The first-order valence-corrected chi connectivity index (χ1v) is 7.66. The number of hydrogen-bond acceptors (Lipinski definition) is 5. The third kappa shape index (κ3) is 3.73. The molecular formula is C16H13N3O2S. The Hall–Kier alpha value is -2.60. The monoisotopic (exact) mass is 311 g/mol. The molecule has 0 aliphatic heterocycles. The minimum Gasteiger partial charge on any atom is -0.411 e. The van der Waals surface area contributed by atoms with Gasteiger partial charge >= 0.3 is 0 Å². The van der Waals surface area contributed by atoms with Gasteiger partial charge in [-0.05, 0) is 24.3 Å². The summed E-state index contributed by atoms with van der Waals surface area (Å²) in [6.07, 6.45) is 0. The lowest BCUT2D eigenvalue weighted by molar-refractivity contribution is -0.113. The van der Waals surface area contributed by atoms with Crippen LogP contribution < -0.4 is 5.32 Å². The van der Waals surface area contributed by atoms with Crippen LogP contribution in [0.5, 0.6) is 0 Å². The normalized spacial score (nSPS) is 10.4. The highest BCUT2D eigenvalue weighted by atomic mass is 32.2. The van der Waals surface area contributed by atoms with E-state index in [0.29, 0.717) is 11.1 Å². The molecule has 0 atom stereocenters. The van der Waals surface area contributed by atoms with E-state index in [2.05, 4.69) is 15.5 Å². The molecule has 5 nitrogen and oxygen atoms in total. The Kier molecular flexibility index (Phi) is 4.50. The van der Waals surface area contributed by atoms with E-state index in [4.69, 9.17) is 4.42 Å². The van der Waals surface area contributed by atoms with Crippen LogP contribution in [-0.4, -0.2) is 21.9 Å². The van der Waals surface area contributed by atoms with Gasteiger partial charge < -0.3 is 9.73 Å². The van der Waals surface area contributed by atoms with Crippen LogP contribution in [0.15, 0.2) is 70.3 Å². The van der Waals surface area contributed by atoms with Crippen molar-refractivity contribution < 1.29 is 9.21 Å². The van der Waals surface area contributed by atoms with Gasteiger partial charge in [-0.1, -0.05) is 48.2 Å². The molecule has 1 heterocycles. The van der Waals surface area contributed by atoms with Gasteiger partial charge in [0, 0.05) is 11.3 Å². The summed E-state index contributed by atoms with van der Waals surface area (Å²) >= 11 is 1.21. The van der Waals surface area contributed by atoms with E-state index < -0.39 is 0 Å². The van der Waals surface area contributed by atoms with Crippen molar-refractivity contribution in [2.45, 2.75) is 5.22 Å². The molecule has 0 fully saturated rings. The molecule has 0 aliphatic carbocycles. The molecule has 3 rings (SSSR count). The van der Waals surface area contributed by atoms with Gasteiger partial charge in [-0.2, -0.15) is 0 Å². The minimum absolute atomic E-state index is 0.115. The third-order valence-electron chi connectivity index (χ3n) is 2.81. The standard InChI is InChI=1S/C16H13N3O2S/c20-14(17-13-9-5-2-6-10-13)11-22-16-19-18-15(21-16)12-7-3-1-4-8-12/h1-10H,11H2,(H,17,20). The molecule has 6 heteroatoms. The number of hydrogen-bond donors (Lipinski definition) is 1. The molecule has 0 spiro atoms. The molecule has 1 N–H and O–H groups in total. The number of rotatable bonds is 5. The van der Waals surface area contributed by atoms with Crippen LogP contribution in [0.25, 0.3) is 11.5 Å². The predicted molar refractivity (Wildman–Crippen MR) is 85.5 cm³/mol. The first-order valence-electron chi connectivity index (χ1n) is 6.68. The average Bonchev–Trinajstić information content (AvgIpc) is 3.04. The molecule has 3 aromatic rings. The van der Waals surface area contributed by atoms with Crippen LogP contribution in [0, 0.1) is 0 Å². The van der Waals surface area contributed by atoms with E-state index in [0.717, 1.165) is 11.3 Å². The second kappa shape index (κ2) is 6.91. The van der Waals surface area contributed by atoms with E-state index in [1.54, 1.807) is 0 Å². The number of amides is 1. The van der Waals surface area contributed by atoms with Gasteiger partial charge in [0.1, 0.15) is 0 Å². The van der Waals surface area contributed by atoms with Gasteiger partial charge in [-0.25, -0.2) is 0 Å². The Balaban J connectivity index is 1.56. The maximum Gasteiger partial charge on any atom is 0.277 e. The summed E-state index contributed by atoms with van der Waals surface area (Å²) in [6, 6.07) is 18.8. The molecule has 0 unspecified atom stereocenters. The SMILES string of the molecule is O=C(CSc1nnc(-c2ccccc2)o1)Nc1ccccc1. The van der Waals surface area contributed by atoms with Crippen LogP contribution in [-0.2, 0) is 4.79 Å². The second-order valence-electron chi connectivity index (χ2n) is 4.44. The van der Waals surface area contributed by atoms with Gasteiger partial charge in [0.25, 0.3) is 5.22 Å². The van der Waals surface area contributed by atoms with Gasteiger partial charge in [0.05, 0.1) is 5.75 Å². The quantitative estimate of drug-likeness (QED) is 0.731. The van der Waals surface area contributed by atoms with Crippen LogP contribution in [0.4, 0.5) is 5.69 Å². The zero-order valence-electron chi connectivity index (χ0n) is 11.6. The molecule has 110 valence electrons. The van der Waals surface area contributed by atoms with Crippen molar-refractivity contribution in [3.63, 3.8) is 0 Å². The molecule has 0 bridgehead atoms. The van der Waals surface area contributed by atoms with E-state index in [1.807, 2.05) is 60.7 Å². The molecule has 1 amide bonds. The highest BCUT2D eigenvalue weighted by molar-refractivity contribution is 7.99. The Bertz CT molecular complexity index is 744. The van der Waals surface area contributed by atoms with Crippen LogP contribution in [0.1, 0.15) is 0 Å². The van der Waals surface area contributed by atoms with Crippen LogP contribution >= 0.6 is 11.8 Å². The first-order chi connectivity index (χ1) is 10.8. The van der Waals surface area contributed by atoms with Crippen molar-refractivity contribution in [3.05, 3.63) is 60.7 Å². The molecule has 2 aromatic carbocycles. The summed E-state index contributed by atoms with van der Waals surface area (Å²) in [7, 11) is 0. The lowest BCUT2D eigenvalue weighted by Gasteiger charge is -2.02. The van der Waals surface area contributed by atoms with Gasteiger partial charge in [-0.15, -0.1) is 10.2 Å². The number of carbonyl (C=O) groups excluding carboxylic acids is 1. The third-order valence-corrected chi connectivity index (χ3v) is 3.63. The topological polar surface area (TPSA) is 68.0 Å². The van der Waals surface area contributed by atoms with Crippen molar-refractivity contribution in [1.82, 2.24) is 10.2 Å². The van der Waals surface area contributed by atoms with E-state index in [1.165, 1.54) is 11.8 Å². The minimum atomic E-state index is -0.115. The lowest BCUT2D eigenvalue weighted by Crippen LogP contribution is -2.13. The number of nitrogens with zero attached hydrogens (tertiary/aromatic N) is 2. The van der Waals surface area contributed by atoms with E-state index in [-0.39, 0.29) is 11.7 Å². The Morgan fingerprint density at radius 3 is 2.41 bits per heavy atom. The number of nitrogens with one attached hydrogen (secondary N) is 1. The highest BCUT2D eigenvalue weighted by Gasteiger charge is 2.11. The fourth-order valence-electron chi connectivity index (χ4n) is 1.81. The van der Waals surface area contributed by atoms with Crippen molar-refractivity contribution in [2.75, 3.05) is 11.1 Å². The van der Waals surface area contributed by atoms with Gasteiger partial charge in [0.2, 0.25) is 11.8 Å². The summed E-state index contributed by atoms with van der Waals surface area (Å²) < 4.78 is 5.53. The maximum absolute atomic E-state index is 11.8. The molecule has 22 heavy (non-hydrogen) atoms. The summed E-state index contributed by atoms with van der Waals surface area (Å²) in [6.45, 7) is 0. The summed E-state index contributed by atoms with van der Waals surface area (Å²) in [5.41, 5.74) is 1.62. The van der Waals surface area contributed by atoms with Gasteiger partial charge in [0.15, 0.2) is 0 Å². The number of benzene rings is 2. The zero-order valence-corrected chi connectivity index (χ0v) is 12.4. The number of anilines is 1. The Morgan fingerprint density at radius 2 is 1.68 bits per heavy atom. The van der Waals surface area contributed by atoms with E-state index in [9.17, 15) is 4.79 Å². The fraction of sp³-hybridized carbons (Fsp3) is 0.0625. The molecule has 0 saturated carbocycles. The number of thioether (sulfide) groups is 1. The largest absolute Gasteiger partial charge is 0.411 e. The molecule has 1 aromatic heterocycles. The van der Waals surface area contributed by atoms with Gasteiger partial charge in [-0.3, -0.25) is 4.79 Å². The molecular weight excluding hydrogens is 298 g/mol. The van der Waals surface area contributed by atoms with Crippen molar-refractivity contribution in [2.24, 2.45) is 0 Å². The summed E-state index contributed by atoms with van der Waals surface area (Å²) in [4.78, 5) is 11.8. The van der Waals surface area contributed by atoms with Crippen molar-refractivity contribution >= 4 is 23.4 Å². The Morgan fingerprint density at radius 1 is 1.00 bits per heavy atom. The first kappa shape index (κ1) is 14.3. The fourth-order valence-corrected chi connectivity index (χ4v) is 2.37. The van der Waals surface area contributed by atoms with Crippen LogP contribution in [0.2, 0.25) is 0 Å². The molecule has 0 aliphatic rings. The smallest absolute Gasteiger partial charge is 0.277 e. The second-order valence-corrected chi connectivity index (χ2v) is 5.37. The number of aromatic nitrogens is 2. The average molecular weight is 311 g/mol. The van der Waals surface area contributed by atoms with E-state index >= 15 is 0 Å². The number of para-hydroxylation sites is 1. The number of carbonyl (C=O) groups is 1. The van der Waals surface area contributed by atoms with Crippen molar-refractivity contribution in [3.8, 4) is 11.5 Å². The van der Waals surface area contributed by atoms with Crippen molar-refractivity contribution in [1.29, 1.82) is 0 Å². The summed E-state index contributed by atoms with van der Waals surface area (Å²) in [5, 5.41) is 11.1.